The summed E-state index contributed by atoms with van der Waals surface area (Å²) in [5, 5.41) is 3.28. The predicted octanol–water partition coefficient (Wildman–Crippen LogP) is 2.68. The molecule has 1 fully saturated rings. The topological polar surface area (TPSA) is 32.6 Å². The van der Waals surface area contributed by atoms with E-state index in [1.54, 1.807) is 0 Å². The van der Waals surface area contributed by atoms with Crippen molar-refractivity contribution in [2.45, 2.75) is 39.3 Å². The number of rotatable bonds is 6. The lowest BCUT2D eigenvalue weighted by Crippen LogP contribution is -2.34. The fourth-order valence-electron chi connectivity index (χ4n) is 2.72. The van der Waals surface area contributed by atoms with Crippen LogP contribution in [0.1, 0.15) is 32.4 Å². The minimum Gasteiger partial charge on any atom is -0.352 e. The Morgan fingerprint density at radius 3 is 2.85 bits per heavy atom. The van der Waals surface area contributed by atoms with E-state index in [2.05, 4.69) is 52.9 Å². The normalized spacial score (nSPS) is 15.2. The third-order valence-corrected chi connectivity index (χ3v) is 4.00. The van der Waals surface area contributed by atoms with Gasteiger partial charge in [0.1, 0.15) is 5.65 Å². The van der Waals surface area contributed by atoms with Gasteiger partial charge in [-0.3, -0.25) is 0 Å². The van der Waals surface area contributed by atoms with Crippen LogP contribution in [0.25, 0.3) is 5.65 Å². The number of hydrogen-bond acceptors (Lipinski definition) is 3. The van der Waals surface area contributed by atoms with Crippen LogP contribution in [-0.4, -0.2) is 29.0 Å². The number of hydrogen-bond donors (Lipinski definition) is 1. The second-order valence-electron chi connectivity index (χ2n) is 6.03. The third-order valence-electron chi connectivity index (χ3n) is 4.00. The highest BCUT2D eigenvalue weighted by Gasteiger charge is 2.28. The van der Waals surface area contributed by atoms with Gasteiger partial charge in [0.2, 0.25) is 0 Å². The highest BCUT2D eigenvalue weighted by atomic mass is 15.3. The van der Waals surface area contributed by atoms with Gasteiger partial charge in [0.05, 0.1) is 5.69 Å². The molecule has 0 unspecified atom stereocenters. The average molecular weight is 272 g/mol. The Hall–Kier alpha value is -1.55. The average Bonchev–Trinajstić information content (AvgIpc) is 3.19. The standard InChI is InChI=1S/C16H24N4/c1-12(2)20(11-13-7-8-13)16-14(10-17-3)19-9-5-4-6-15(19)18-16/h4-6,9,12-13,17H,7-8,10-11H2,1-3H3. The summed E-state index contributed by atoms with van der Waals surface area (Å²) >= 11 is 0. The van der Waals surface area contributed by atoms with Crippen molar-refractivity contribution in [1.29, 1.82) is 0 Å². The molecule has 20 heavy (non-hydrogen) atoms. The Kier molecular flexibility index (Phi) is 3.66. The molecule has 4 heteroatoms. The minimum absolute atomic E-state index is 0.483. The molecule has 0 amide bonds. The summed E-state index contributed by atoms with van der Waals surface area (Å²) in [6.45, 7) is 6.50. The zero-order valence-corrected chi connectivity index (χ0v) is 12.6. The van der Waals surface area contributed by atoms with Gasteiger partial charge < -0.3 is 14.6 Å². The van der Waals surface area contributed by atoms with E-state index in [1.807, 2.05) is 7.05 Å². The molecule has 0 saturated heterocycles. The number of imidazole rings is 1. The second-order valence-corrected chi connectivity index (χ2v) is 6.03. The van der Waals surface area contributed by atoms with Gasteiger partial charge in [0.25, 0.3) is 0 Å². The first kappa shape index (κ1) is 13.4. The number of pyridine rings is 1. The molecule has 1 N–H and O–H groups in total. The van der Waals surface area contributed by atoms with Crippen molar-refractivity contribution in [1.82, 2.24) is 14.7 Å². The van der Waals surface area contributed by atoms with E-state index in [-0.39, 0.29) is 0 Å². The van der Waals surface area contributed by atoms with E-state index >= 15 is 0 Å². The van der Waals surface area contributed by atoms with Gasteiger partial charge in [0, 0.05) is 25.3 Å². The molecule has 1 saturated carbocycles. The molecular formula is C16H24N4. The van der Waals surface area contributed by atoms with Crippen LogP contribution in [0.4, 0.5) is 5.82 Å². The SMILES string of the molecule is CNCc1c(N(CC2CC2)C(C)C)nc2ccccn12. The smallest absolute Gasteiger partial charge is 0.152 e. The van der Waals surface area contributed by atoms with E-state index in [0.29, 0.717) is 6.04 Å². The largest absolute Gasteiger partial charge is 0.352 e. The van der Waals surface area contributed by atoms with Crippen LogP contribution in [-0.2, 0) is 6.54 Å². The van der Waals surface area contributed by atoms with Crippen molar-refractivity contribution in [2.24, 2.45) is 5.92 Å². The highest BCUT2D eigenvalue weighted by Crippen LogP contribution is 2.33. The van der Waals surface area contributed by atoms with E-state index in [0.717, 1.165) is 30.5 Å². The quantitative estimate of drug-likeness (QED) is 0.877. The molecule has 0 atom stereocenters. The lowest BCUT2D eigenvalue weighted by atomic mass is 10.2. The number of nitrogens with zero attached hydrogens (tertiary/aromatic N) is 3. The van der Waals surface area contributed by atoms with E-state index in [9.17, 15) is 0 Å². The molecular weight excluding hydrogens is 248 g/mol. The maximum Gasteiger partial charge on any atom is 0.152 e. The Balaban J connectivity index is 2.04. The maximum atomic E-state index is 4.88. The molecule has 108 valence electrons. The molecule has 0 aliphatic heterocycles. The lowest BCUT2D eigenvalue weighted by Gasteiger charge is -2.28. The number of fused-ring (bicyclic) bond motifs is 1. The zero-order chi connectivity index (χ0) is 14.1. The lowest BCUT2D eigenvalue weighted by molar-refractivity contribution is 0.631. The molecule has 4 nitrogen and oxygen atoms in total. The predicted molar refractivity (Wildman–Crippen MR) is 83.2 cm³/mol. The van der Waals surface area contributed by atoms with Gasteiger partial charge in [-0.05, 0) is 51.8 Å². The Bertz CT molecular complexity index is 583. The zero-order valence-electron chi connectivity index (χ0n) is 12.6. The molecule has 1 aliphatic carbocycles. The van der Waals surface area contributed by atoms with Gasteiger partial charge in [-0.2, -0.15) is 0 Å². The van der Waals surface area contributed by atoms with Gasteiger partial charge >= 0.3 is 0 Å². The monoisotopic (exact) mass is 272 g/mol. The highest BCUT2D eigenvalue weighted by molar-refractivity contribution is 5.56. The van der Waals surface area contributed by atoms with Crippen LogP contribution in [0.2, 0.25) is 0 Å². The second kappa shape index (κ2) is 5.44. The number of nitrogens with one attached hydrogen (secondary N) is 1. The van der Waals surface area contributed by atoms with Crippen molar-refractivity contribution in [3.63, 3.8) is 0 Å². The summed E-state index contributed by atoms with van der Waals surface area (Å²) in [4.78, 5) is 7.35. The van der Waals surface area contributed by atoms with Gasteiger partial charge in [-0.25, -0.2) is 4.98 Å². The van der Waals surface area contributed by atoms with Crippen molar-refractivity contribution < 1.29 is 0 Å². The Morgan fingerprint density at radius 2 is 2.20 bits per heavy atom. The molecule has 0 spiro atoms. The molecule has 2 aromatic rings. The summed E-state index contributed by atoms with van der Waals surface area (Å²) in [5.41, 5.74) is 2.30. The first-order valence-corrected chi connectivity index (χ1v) is 7.58. The van der Waals surface area contributed by atoms with Gasteiger partial charge in [0.15, 0.2) is 5.82 Å². The van der Waals surface area contributed by atoms with E-state index in [4.69, 9.17) is 4.98 Å². The summed E-state index contributed by atoms with van der Waals surface area (Å²) < 4.78 is 2.20. The summed E-state index contributed by atoms with van der Waals surface area (Å²) in [6, 6.07) is 6.68. The van der Waals surface area contributed by atoms with Crippen LogP contribution >= 0.6 is 0 Å². The van der Waals surface area contributed by atoms with Crippen LogP contribution in [0, 0.1) is 5.92 Å². The fourth-order valence-corrected chi connectivity index (χ4v) is 2.72. The molecule has 0 bridgehead atoms. The maximum absolute atomic E-state index is 4.88. The molecule has 2 aromatic heterocycles. The fraction of sp³-hybridized carbons (Fsp3) is 0.562. The Labute approximate surface area is 120 Å². The molecule has 0 radical (unpaired) electrons. The van der Waals surface area contributed by atoms with Crippen molar-refractivity contribution in [3.8, 4) is 0 Å². The molecule has 0 aromatic carbocycles. The Morgan fingerprint density at radius 1 is 1.40 bits per heavy atom. The molecule has 2 heterocycles. The number of aromatic nitrogens is 2. The van der Waals surface area contributed by atoms with Gasteiger partial charge in [-0.1, -0.05) is 6.07 Å². The number of anilines is 1. The molecule has 1 aliphatic rings. The minimum atomic E-state index is 0.483. The van der Waals surface area contributed by atoms with Crippen LogP contribution in [0.3, 0.4) is 0 Å². The van der Waals surface area contributed by atoms with Crippen LogP contribution < -0.4 is 10.2 Å². The summed E-state index contributed by atoms with van der Waals surface area (Å²) in [5.74, 6) is 2.01. The first-order valence-electron chi connectivity index (χ1n) is 7.58. The molecule has 3 rings (SSSR count). The summed E-state index contributed by atoms with van der Waals surface area (Å²) in [7, 11) is 1.99. The van der Waals surface area contributed by atoms with E-state index < -0.39 is 0 Å². The van der Waals surface area contributed by atoms with Gasteiger partial charge in [-0.15, -0.1) is 0 Å². The first-order chi connectivity index (χ1) is 9.70. The van der Waals surface area contributed by atoms with Crippen LogP contribution in [0.15, 0.2) is 24.4 Å². The summed E-state index contributed by atoms with van der Waals surface area (Å²) in [6.07, 6.45) is 4.85. The van der Waals surface area contributed by atoms with Crippen molar-refractivity contribution in [3.05, 3.63) is 30.1 Å². The van der Waals surface area contributed by atoms with E-state index in [1.165, 1.54) is 18.5 Å². The third kappa shape index (κ3) is 2.52. The van der Waals surface area contributed by atoms with Crippen molar-refractivity contribution >= 4 is 11.5 Å². The van der Waals surface area contributed by atoms with Crippen LogP contribution in [0.5, 0.6) is 0 Å². The van der Waals surface area contributed by atoms with Crippen molar-refractivity contribution in [2.75, 3.05) is 18.5 Å².